The van der Waals surface area contributed by atoms with Gasteiger partial charge in [0.15, 0.2) is 5.82 Å². The van der Waals surface area contributed by atoms with Gasteiger partial charge in [-0.05, 0) is 80.9 Å². The highest BCUT2D eigenvalue weighted by Gasteiger charge is 2.20. The Morgan fingerprint density at radius 1 is 0.466 bits per heavy atom. The molecule has 3 heterocycles. The molecule has 0 saturated heterocycles. The lowest BCUT2D eigenvalue weighted by molar-refractivity contribution is 0.669. The molecule has 58 heavy (non-hydrogen) atoms. The van der Waals surface area contributed by atoms with E-state index in [2.05, 4.69) is 188 Å². The summed E-state index contributed by atoms with van der Waals surface area (Å²) in [6.45, 7) is 0. The first kappa shape index (κ1) is 33.9. The summed E-state index contributed by atoms with van der Waals surface area (Å²) in [5.74, 6) is 0.685. The fourth-order valence-electron chi connectivity index (χ4n) is 8.08. The van der Waals surface area contributed by atoms with Gasteiger partial charge in [-0.2, -0.15) is 0 Å². The molecule has 3 nitrogen and oxygen atoms in total. The molecule has 11 rings (SSSR count). The molecule has 4 heteroatoms. The lowest BCUT2D eigenvalue weighted by atomic mass is 9.92. The average Bonchev–Trinajstić information content (AvgIpc) is 3.87. The molecule has 0 atom stereocenters. The summed E-state index contributed by atoms with van der Waals surface area (Å²) < 4.78 is 9.02. The lowest BCUT2D eigenvalue weighted by Gasteiger charge is -2.12. The van der Waals surface area contributed by atoms with Gasteiger partial charge < -0.3 is 4.42 Å². The third-order valence-electron chi connectivity index (χ3n) is 10.9. The Morgan fingerprint density at radius 2 is 1.10 bits per heavy atom. The van der Waals surface area contributed by atoms with E-state index in [1.54, 1.807) is 11.3 Å². The Kier molecular flexibility index (Phi) is 8.34. The smallest absolute Gasteiger partial charge is 0.161 e. The minimum absolute atomic E-state index is 0.685. The molecule has 0 fully saturated rings. The highest BCUT2D eigenvalue weighted by molar-refractivity contribution is 7.26. The van der Waals surface area contributed by atoms with Crippen molar-refractivity contribution in [1.29, 1.82) is 0 Å². The lowest BCUT2D eigenvalue weighted by Crippen LogP contribution is -1.94. The number of hydrogen-bond acceptors (Lipinski definition) is 4. The number of nitrogens with zero attached hydrogens (tertiary/aromatic N) is 2. The molecule has 0 aliphatic heterocycles. The van der Waals surface area contributed by atoms with Crippen molar-refractivity contribution in [3.8, 4) is 44.9 Å². The summed E-state index contributed by atoms with van der Waals surface area (Å²) in [6.07, 6.45) is 2.29. The van der Waals surface area contributed by atoms with E-state index in [0.717, 1.165) is 76.6 Å². The van der Waals surface area contributed by atoms with E-state index < -0.39 is 0 Å². The van der Waals surface area contributed by atoms with Gasteiger partial charge in [-0.15, -0.1) is 11.3 Å². The van der Waals surface area contributed by atoms with Crippen LogP contribution in [-0.4, -0.2) is 9.97 Å². The first-order valence-corrected chi connectivity index (χ1v) is 20.3. The molecular weight excluding hydrogens is 725 g/mol. The number of aromatic nitrogens is 2. The molecule has 11 aromatic rings. The summed E-state index contributed by atoms with van der Waals surface area (Å²) in [4.78, 5) is 10.6. The van der Waals surface area contributed by atoms with E-state index in [9.17, 15) is 0 Å². The van der Waals surface area contributed by atoms with E-state index in [1.165, 1.54) is 27.0 Å². The molecule has 272 valence electrons. The van der Waals surface area contributed by atoms with E-state index in [4.69, 9.17) is 14.4 Å². The normalized spacial score (nSPS) is 11.9. The van der Waals surface area contributed by atoms with Gasteiger partial charge in [0.2, 0.25) is 0 Å². The summed E-state index contributed by atoms with van der Waals surface area (Å²) >= 11 is 1.75. The number of fused-ring (bicyclic) bond motifs is 6. The second-order valence-electron chi connectivity index (χ2n) is 14.5. The first-order chi connectivity index (χ1) is 28.7. The number of hydrogen-bond donors (Lipinski definition) is 0. The van der Waals surface area contributed by atoms with Crippen LogP contribution in [0.1, 0.15) is 16.7 Å². The Hall–Kier alpha value is -7.40. The molecule has 0 N–H and O–H groups in total. The van der Waals surface area contributed by atoms with Gasteiger partial charge in [-0.25, -0.2) is 9.97 Å². The number of furan rings is 1. The maximum absolute atomic E-state index is 6.73. The number of thiophene rings is 1. The first-order valence-electron chi connectivity index (χ1n) is 19.5. The zero-order valence-corrected chi connectivity index (χ0v) is 32.2. The molecule has 0 radical (unpaired) electrons. The molecule has 0 spiro atoms. The second-order valence-corrected chi connectivity index (χ2v) is 15.6. The molecule has 0 aliphatic carbocycles. The quantitative estimate of drug-likeness (QED) is 0.152. The zero-order valence-electron chi connectivity index (χ0n) is 31.3. The van der Waals surface area contributed by atoms with Gasteiger partial charge in [0.05, 0.1) is 15.9 Å². The minimum atomic E-state index is 0.685. The topological polar surface area (TPSA) is 38.9 Å². The van der Waals surface area contributed by atoms with Crippen LogP contribution in [0.2, 0.25) is 0 Å². The Balaban J connectivity index is 1.07. The van der Waals surface area contributed by atoms with Crippen molar-refractivity contribution in [1.82, 2.24) is 9.97 Å². The summed E-state index contributed by atoms with van der Waals surface area (Å²) in [5, 5.41) is 3.18. The molecule has 0 bridgehead atoms. The highest BCUT2D eigenvalue weighted by Crippen LogP contribution is 2.42. The van der Waals surface area contributed by atoms with Crippen LogP contribution in [0.15, 0.2) is 205 Å². The fourth-order valence-corrected chi connectivity index (χ4v) is 9.24. The predicted octanol–water partition coefficient (Wildman–Crippen LogP) is 15.0. The van der Waals surface area contributed by atoms with Crippen LogP contribution >= 0.6 is 11.3 Å². The third-order valence-corrected chi connectivity index (χ3v) is 12.1. The van der Waals surface area contributed by atoms with Crippen molar-refractivity contribution in [2.24, 2.45) is 0 Å². The van der Waals surface area contributed by atoms with Crippen LogP contribution in [0.5, 0.6) is 0 Å². The van der Waals surface area contributed by atoms with Crippen molar-refractivity contribution in [2.75, 3.05) is 0 Å². The van der Waals surface area contributed by atoms with Gasteiger partial charge in [0.25, 0.3) is 0 Å². The molecule has 0 saturated carbocycles. The van der Waals surface area contributed by atoms with E-state index in [-0.39, 0.29) is 0 Å². The van der Waals surface area contributed by atoms with E-state index >= 15 is 0 Å². The molecule has 0 aliphatic rings. The predicted molar refractivity (Wildman–Crippen MR) is 244 cm³/mol. The zero-order chi connectivity index (χ0) is 38.4. The van der Waals surface area contributed by atoms with Gasteiger partial charge in [-0.1, -0.05) is 170 Å². The van der Waals surface area contributed by atoms with Crippen LogP contribution in [0.25, 0.3) is 98.8 Å². The van der Waals surface area contributed by atoms with E-state index in [1.807, 2.05) is 18.2 Å². The van der Waals surface area contributed by atoms with Crippen molar-refractivity contribution in [2.45, 2.75) is 0 Å². The van der Waals surface area contributed by atoms with Gasteiger partial charge >= 0.3 is 0 Å². The van der Waals surface area contributed by atoms with Crippen LogP contribution < -0.4 is 0 Å². The van der Waals surface area contributed by atoms with Gasteiger partial charge in [0, 0.05) is 32.0 Å². The summed E-state index contributed by atoms with van der Waals surface area (Å²) in [5.41, 5.74) is 14.7. The molecule has 0 amide bonds. The number of benzene rings is 8. The Labute approximate surface area is 339 Å². The average molecular weight is 759 g/mol. The second kappa shape index (κ2) is 14.3. The minimum Gasteiger partial charge on any atom is -0.456 e. The number of rotatable bonds is 7. The highest BCUT2D eigenvalue weighted by atomic mass is 32.1. The fraction of sp³-hybridized carbons (Fsp3) is 0. The monoisotopic (exact) mass is 758 g/mol. The summed E-state index contributed by atoms with van der Waals surface area (Å²) in [7, 11) is 0. The van der Waals surface area contributed by atoms with Gasteiger partial charge in [0.1, 0.15) is 11.2 Å². The van der Waals surface area contributed by atoms with Crippen molar-refractivity contribution >= 4 is 65.2 Å². The van der Waals surface area contributed by atoms with Crippen LogP contribution in [0.3, 0.4) is 0 Å². The van der Waals surface area contributed by atoms with Crippen molar-refractivity contribution < 1.29 is 4.42 Å². The van der Waals surface area contributed by atoms with Crippen LogP contribution in [-0.2, 0) is 0 Å². The summed E-state index contributed by atoms with van der Waals surface area (Å²) in [6, 6.07) is 70.4. The van der Waals surface area contributed by atoms with Gasteiger partial charge in [-0.3, -0.25) is 0 Å². The maximum atomic E-state index is 6.73. The van der Waals surface area contributed by atoms with E-state index in [0.29, 0.717) is 5.82 Å². The molecule has 8 aromatic carbocycles. The molecular formula is C54H34N2OS. The van der Waals surface area contributed by atoms with Crippen molar-refractivity contribution in [3.05, 3.63) is 217 Å². The van der Waals surface area contributed by atoms with Crippen LogP contribution in [0.4, 0.5) is 0 Å². The largest absolute Gasteiger partial charge is 0.456 e. The standard InChI is InChI=1S/C54H34N2OS/c1-4-14-36(15-5-1)38-28-26-35(27-29-38)32-46(41-21-12-20-40(33-41)37-16-6-2-7-17-37)42-30-31-43-48(34-42)57-47-24-13-23-45(50(43)47)54-55-51(39-18-8-3-9-19-39)53-52(56-54)44-22-10-11-25-49(44)58-53/h1-34H/b46-32+. The molecule has 3 aromatic heterocycles. The molecule has 0 unspecified atom stereocenters. The SMILES string of the molecule is C(=C(/c1cccc(-c2ccccc2)c1)c1ccc2c(c1)oc1cccc(-c3nc(-c4ccccc4)c4sc5ccccc5c4n3)c12)/c1ccc(-c2ccccc2)cc1. The third kappa shape index (κ3) is 6.08. The Morgan fingerprint density at radius 3 is 1.88 bits per heavy atom. The van der Waals surface area contributed by atoms with Crippen LogP contribution in [0, 0.1) is 0 Å². The maximum Gasteiger partial charge on any atom is 0.161 e. The van der Waals surface area contributed by atoms with Crippen molar-refractivity contribution in [3.63, 3.8) is 0 Å². The Bertz CT molecular complexity index is 3310.